The highest BCUT2D eigenvalue weighted by Gasteiger charge is 2.23. The van der Waals surface area contributed by atoms with Crippen LogP contribution in [-0.2, 0) is 6.42 Å². The molecule has 2 aromatic rings. The molecule has 27 heavy (non-hydrogen) atoms. The quantitative estimate of drug-likeness (QED) is 0.586. The van der Waals surface area contributed by atoms with Gasteiger partial charge in [-0.3, -0.25) is 4.99 Å². The fourth-order valence-electron chi connectivity index (χ4n) is 3.44. The average molecular weight is 390 g/mol. The summed E-state index contributed by atoms with van der Waals surface area (Å²) < 4.78 is 5.23. The number of guanidine groups is 1. The van der Waals surface area contributed by atoms with E-state index in [1.54, 1.807) is 0 Å². The molecule has 2 heterocycles. The van der Waals surface area contributed by atoms with Crippen molar-refractivity contribution in [3.63, 3.8) is 0 Å². The van der Waals surface area contributed by atoms with E-state index in [0.717, 1.165) is 60.5 Å². The van der Waals surface area contributed by atoms with Crippen molar-refractivity contribution in [2.24, 2.45) is 4.99 Å². The van der Waals surface area contributed by atoms with E-state index in [9.17, 15) is 0 Å². The molecule has 146 valence electrons. The molecule has 1 unspecified atom stereocenters. The Balaban J connectivity index is 1.56. The number of aliphatic imine (C=N–C) groups is 1. The van der Waals surface area contributed by atoms with E-state index in [0.29, 0.717) is 12.6 Å². The molecule has 2 N–H and O–H groups in total. The number of aromatic nitrogens is 1. The van der Waals surface area contributed by atoms with Crippen LogP contribution in [0.5, 0.6) is 0 Å². The minimum Gasteiger partial charge on any atom is -0.369 e. The third-order valence-electron chi connectivity index (χ3n) is 4.86. The van der Waals surface area contributed by atoms with Crippen LogP contribution in [0.25, 0.3) is 0 Å². The Hall–Kier alpha value is -2.21. The van der Waals surface area contributed by atoms with E-state index in [1.807, 2.05) is 32.0 Å². The number of rotatable bonds is 6. The number of aryl methyl sites for hydroxylation is 2. The van der Waals surface area contributed by atoms with Crippen LogP contribution in [0.3, 0.4) is 0 Å². The second-order valence-corrected chi connectivity index (χ2v) is 7.31. The zero-order chi connectivity index (χ0) is 19.2. The van der Waals surface area contributed by atoms with Crippen LogP contribution < -0.4 is 15.5 Å². The van der Waals surface area contributed by atoms with Crippen molar-refractivity contribution in [3.05, 3.63) is 46.3 Å². The van der Waals surface area contributed by atoms with Gasteiger partial charge < -0.3 is 20.1 Å². The summed E-state index contributed by atoms with van der Waals surface area (Å²) in [5.74, 6) is 1.75. The molecule has 1 aliphatic rings. The number of hydrogen-bond acceptors (Lipinski definition) is 4. The van der Waals surface area contributed by atoms with Gasteiger partial charge in [0.15, 0.2) is 5.96 Å². The highest BCUT2D eigenvalue weighted by atomic mass is 35.5. The number of benzene rings is 1. The van der Waals surface area contributed by atoms with Gasteiger partial charge in [-0.2, -0.15) is 0 Å². The molecular weight excluding hydrogens is 362 g/mol. The van der Waals surface area contributed by atoms with Gasteiger partial charge in [0, 0.05) is 48.5 Å². The minimum absolute atomic E-state index is 0.362. The van der Waals surface area contributed by atoms with Crippen LogP contribution in [0.1, 0.15) is 30.4 Å². The third-order valence-corrected chi connectivity index (χ3v) is 5.09. The van der Waals surface area contributed by atoms with Crippen molar-refractivity contribution in [1.29, 1.82) is 0 Å². The number of halogens is 1. The molecule has 1 aromatic carbocycles. The summed E-state index contributed by atoms with van der Waals surface area (Å²) in [5.41, 5.74) is 3.28. The Kier molecular flexibility index (Phi) is 6.61. The summed E-state index contributed by atoms with van der Waals surface area (Å²) in [7, 11) is 0. The van der Waals surface area contributed by atoms with Gasteiger partial charge in [0.2, 0.25) is 0 Å². The van der Waals surface area contributed by atoms with E-state index in [2.05, 4.69) is 33.7 Å². The summed E-state index contributed by atoms with van der Waals surface area (Å²) in [4.78, 5) is 7.09. The van der Waals surface area contributed by atoms with E-state index in [1.165, 1.54) is 5.69 Å². The lowest BCUT2D eigenvalue weighted by Crippen LogP contribution is -2.44. The smallest absolute Gasteiger partial charge is 0.191 e. The molecule has 7 heteroatoms. The summed E-state index contributed by atoms with van der Waals surface area (Å²) in [6, 6.07) is 8.40. The van der Waals surface area contributed by atoms with Gasteiger partial charge in [-0.15, -0.1) is 0 Å². The summed E-state index contributed by atoms with van der Waals surface area (Å²) in [5, 5.41) is 11.7. The van der Waals surface area contributed by atoms with Gasteiger partial charge in [0.1, 0.15) is 5.76 Å². The first-order chi connectivity index (χ1) is 13.1. The molecule has 1 atom stereocenters. The normalized spacial score (nSPS) is 17.4. The van der Waals surface area contributed by atoms with Gasteiger partial charge in [0.05, 0.1) is 5.69 Å². The van der Waals surface area contributed by atoms with E-state index in [-0.39, 0.29) is 0 Å². The number of hydrogen-bond donors (Lipinski definition) is 2. The average Bonchev–Trinajstić information content (AvgIpc) is 3.23. The first kappa shape index (κ1) is 19.5. The van der Waals surface area contributed by atoms with Crippen molar-refractivity contribution in [2.45, 2.75) is 39.7 Å². The van der Waals surface area contributed by atoms with Crippen LogP contribution in [-0.4, -0.2) is 43.3 Å². The Morgan fingerprint density at radius 1 is 1.41 bits per heavy atom. The molecule has 1 aromatic heterocycles. The number of nitrogens with zero attached hydrogens (tertiary/aromatic N) is 3. The highest BCUT2D eigenvalue weighted by Crippen LogP contribution is 2.23. The van der Waals surface area contributed by atoms with Crippen molar-refractivity contribution in [1.82, 2.24) is 15.8 Å². The van der Waals surface area contributed by atoms with Crippen molar-refractivity contribution < 1.29 is 4.52 Å². The first-order valence-electron chi connectivity index (χ1n) is 9.54. The summed E-state index contributed by atoms with van der Waals surface area (Å²) in [6.07, 6.45) is 1.90. The van der Waals surface area contributed by atoms with Gasteiger partial charge in [-0.1, -0.05) is 22.8 Å². The second-order valence-electron chi connectivity index (χ2n) is 6.87. The van der Waals surface area contributed by atoms with Gasteiger partial charge in [-0.25, -0.2) is 0 Å². The number of nitrogens with one attached hydrogen (secondary N) is 2. The van der Waals surface area contributed by atoms with E-state index in [4.69, 9.17) is 21.1 Å². The van der Waals surface area contributed by atoms with Crippen molar-refractivity contribution >= 4 is 23.2 Å². The van der Waals surface area contributed by atoms with Gasteiger partial charge >= 0.3 is 0 Å². The minimum atomic E-state index is 0.362. The van der Waals surface area contributed by atoms with E-state index >= 15 is 0 Å². The molecule has 6 nitrogen and oxygen atoms in total. The SMILES string of the molecule is CCNC(=NCCc1c(C)noc1C)NC1CCN(c2cccc(Cl)c2)C1. The van der Waals surface area contributed by atoms with E-state index < -0.39 is 0 Å². The predicted octanol–water partition coefficient (Wildman–Crippen LogP) is 3.32. The zero-order valence-electron chi connectivity index (χ0n) is 16.3. The van der Waals surface area contributed by atoms with Crippen LogP contribution >= 0.6 is 11.6 Å². The zero-order valence-corrected chi connectivity index (χ0v) is 17.0. The fourth-order valence-corrected chi connectivity index (χ4v) is 3.62. The second kappa shape index (κ2) is 9.13. The lowest BCUT2D eigenvalue weighted by molar-refractivity contribution is 0.392. The third kappa shape index (κ3) is 5.16. The molecule has 1 saturated heterocycles. The summed E-state index contributed by atoms with van der Waals surface area (Å²) in [6.45, 7) is 9.49. The maximum absolute atomic E-state index is 6.12. The molecule has 1 aliphatic heterocycles. The molecule has 1 fully saturated rings. The van der Waals surface area contributed by atoms with Crippen LogP contribution in [0.4, 0.5) is 5.69 Å². The van der Waals surface area contributed by atoms with Crippen LogP contribution in [0.15, 0.2) is 33.8 Å². The maximum Gasteiger partial charge on any atom is 0.191 e. The molecule has 0 radical (unpaired) electrons. The largest absolute Gasteiger partial charge is 0.369 e. The van der Waals surface area contributed by atoms with Crippen molar-refractivity contribution in [3.8, 4) is 0 Å². The lowest BCUT2D eigenvalue weighted by atomic mass is 10.1. The molecule has 3 rings (SSSR count). The van der Waals surface area contributed by atoms with Gasteiger partial charge in [-0.05, 0) is 51.8 Å². The van der Waals surface area contributed by atoms with Crippen LogP contribution in [0, 0.1) is 13.8 Å². The molecule has 0 amide bonds. The van der Waals surface area contributed by atoms with Crippen LogP contribution in [0.2, 0.25) is 5.02 Å². The highest BCUT2D eigenvalue weighted by molar-refractivity contribution is 6.30. The molecular formula is C20H28ClN5O. The molecule has 0 saturated carbocycles. The first-order valence-corrected chi connectivity index (χ1v) is 9.91. The van der Waals surface area contributed by atoms with Crippen molar-refractivity contribution in [2.75, 3.05) is 31.1 Å². The maximum atomic E-state index is 6.12. The predicted molar refractivity (Wildman–Crippen MR) is 111 cm³/mol. The monoisotopic (exact) mass is 389 g/mol. The molecule has 0 spiro atoms. The Bertz CT molecular complexity index is 769. The topological polar surface area (TPSA) is 65.7 Å². The Morgan fingerprint density at radius 3 is 2.96 bits per heavy atom. The van der Waals surface area contributed by atoms with Gasteiger partial charge in [0.25, 0.3) is 0 Å². The number of anilines is 1. The fraction of sp³-hybridized carbons (Fsp3) is 0.500. The summed E-state index contributed by atoms with van der Waals surface area (Å²) >= 11 is 6.12. The Labute approximate surface area is 166 Å². The lowest BCUT2D eigenvalue weighted by Gasteiger charge is -2.20. The Morgan fingerprint density at radius 2 is 2.26 bits per heavy atom. The molecule has 0 aliphatic carbocycles. The standard InChI is InChI=1S/C20H28ClN5O/c1-4-22-20(23-10-8-19-14(2)25-27-15(19)3)24-17-9-11-26(13-17)18-7-5-6-16(21)12-18/h5-7,12,17H,4,8-11,13H2,1-3H3,(H2,22,23,24). The molecule has 0 bridgehead atoms.